The number of aliphatic imine (C=N–C) groups is 1. The van der Waals surface area contributed by atoms with Crippen molar-refractivity contribution in [3.8, 4) is 0 Å². The van der Waals surface area contributed by atoms with Gasteiger partial charge in [-0.15, -0.1) is 0 Å². The molecule has 2 nitrogen and oxygen atoms in total. The van der Waals surface area contributed by atoms with Crippen LogP contribution in [-0.4, -0.2) is 35.0 Å². The molecule has 1 fully saturated rings. The number of amidine groups is 1. The van der Waals surface area contributed by atoms with E-state index in [-0.39, 0.29) is 0 Å². The molecule has 2 atom stereocenters. The molecule has 1 aliphatic heterocycles. The van der Waals surface area contributed by atoms with E-state index in [0.717, 1.165) is 6.54 Å². The number of hydrogen-bond donors (Lipinski definition) is 1. The molecule has 0 amide bonds. The van der Waals surface area contributed by atoms with Crippen LogP contribution in [0.25, 0.3) is 0 Å². The van der Waals surface area contributed by atoms with Crippen LogP contribution in [0.1, 0.15) is 46.0 Å². The Kier molecular flexibility index (Phi) is 8.19. The summed E-state index contributed by atoms with van der Waals surface area (Å²) in [7, 11) is 0. The summed E-state index contributed by atoms with van der Waals surface area (Å²) in [5.41, 5.74) is 0. The van der Waals surface area contributed by atoms with Gasteiger partial charge in [0.1, 0.15) is 0 Å². The van der Waals surface area contributed by atoms with Gasteiger partial charge in [-0.2, -0.15) is 11.8 Å². The van der Waals surface area contributed by atoms with Crippen LogP contribution in [0.2, 0.25) is 0 Å². The van der Waals surface area contributed by atoms with Gasteiger partial charge in [-0.1, -0.05) is 31.5 Å². The fourth-order valence-corrected chi connectivity index (χ4v) is 3.71. The van der Waals surface area contributed by atoms with Crippen LogP contribution in [0, 0.1) is 0 Å². The van der Waals surface area contributed by atoms with E-state index in [1.807, 2.05) is 23.5 Å². The molecule has 2 unspecified atom stereocenters. The second kappa shape index (κ2) is 9.15. The summed E-state index contributed by atoms with van der Waals surface area (Å²) < 4.78 is 0. The summed E-state index contributed by atoms with van der Waals surface area (Å²) in [6.07, 6.45) is 8.71. The van der Waals surface area contributed by atoms with Gasteiger partial charge < -0.3 is 5.32 Å². The third-order valence-electron chi connectivity index (χ3n) is 2.88. The minimum atomic E-state index is 0.589. The lowest BCUT2D eigenvalue weighted by Crippen LogP contribution is -2.38. The average Bonchev–Trinajstić information content (AvgIpc) is 2.26. The molecule has 100 valence electrons. The van der Waals surface area contributed by atoms with E-state index in [9.17, 15) is 0 Å². The molecule has 1 N–H and O–H groups in total. The highest BCUT2D eigenvalue weighted by Crippen LogP contribution is 2.22. The van der Waals surface area contributed by atoms with Gasteiger partial charge in [-0.25, -0.2) is 0 Å². The molecule has 0 aliphatic carbocycles. The van der Waals surface area contributed by atoms with Gasteiger partial charge in [0.2, 0.25) is 0 Å². The van der Waals surface area contributed by atoms with Crippen molar-refractivity contribution in [2.75, 3.05) is 18.6 Å². The van der Waals surface area contributed by atoms with Crippen LogP contribution < -0.4 is 5.32 Å². The molecule has 0 aromatic rings. The Morgan fingerprint density at radius 1 is 1.29 bits per heavy atom. The van der Waals surface area contributed by atoms with E-state index in [0.29, 0.717) is 11.3 Å². The lowest BCUT2D eigenvalue weighted by Gasteiger charge is -2.26. The predicted molar refractivity (Wildman–Crippen MR) is 83.4 cm³/mol. The minimum Gasteiger partial charge on any atom is -0.362 e. The van der Waals surface area contributed by atoms with Crippen LogP contribution in [-0.2, 0) is 0 Å². The number of thioether (sulfide) groups is 2. The van der Waals surface area contributed by atoms with Crippen molar-refractivity contribution in [2.24, 2.45) is 4.99 Å². The molecule has 0 bridgehead atoms. The van der Waals surface area contributed by atoms with Gasteiger partial charge in [-0.05, 0) is 38.2 Å². The maximum atomic E-state index is 4.67. The maximum absolute atomic E-state index is 4.67. The Bertz CT molecular complexity index is 219. The first-order valence-electron chi connectivity index (χ1n) is 6.69. The third kappa shape index (κ3) is 7.24. The van der Waals surface area contributed by atoms with E-state index < -0.39 is 0 Å². The lowest BCUT2D eigenvalue weighted by atomic mass is 10.2. The van der Waals surface area contributed by atoms with E-state index >= 15 is 0 Å². The molecule has 0 aromatic carbocycles. The second-order valence-electron chi connectivity index (χ2n) is 4.80. The zero-order valence-electron chi connectivity index (χ0n) is 11.4. The molecule has 0 spiro atoms. The zero-order valence-corrected chi connectivity index (χ0v) is 13.0. The van der Waals surface area contributed by atoms with Crippen molar-refractivity contribution >= 4 is 28.7 Å². The molecule has 1 aliphatic rings. The SMILES string of the molecule is CSCCCCCCN=C1NC(C)CC(C)S1. The molecular weight excluding hydrogens is 248 g/mol. The first-order chi connectivity index (χ1) is 8.22. The van der Waals surface area contributed by atoms with Crippen LogP contribution in [0.4, 0.5) is 0 Å². The number of rotatable bonds is 7. The smallest absolute Gasteiger partial charge is 0.157 e. The second-order valence-corrected chi connectivity index (χ2v) is 7.22. The van der Waals surface area contributed by atoms with Gasteiger partial charge in [0.25, 0.3) is 0 Å². The molecule has 1 heterocycles. The van der Waals surface area contributed by atoms with Gasteiger partial charge in [0.15, 0.2) is 5.17 Å². The summed E-state index contributed by atoms with van der Waals surface area (Å²) in [5, 5.41) is 5.35. The van der Waals surface area contributed by atoms with Crippen LogP contribution in [0.5, 0.6) is 0 Å². The van der Waals surface area contributed by atoms with Crippen molar-refractivity contribution in [2.45, 2.75) is 57.2 Å². The van der Waals surface area contributed by atoms with Gasteiger partial charge in [0.05, 0.1) is 0 Å². The van der Waals surface area contributed by atoms with Crippen molar-refractivity contribution in [3.63, 3.8) is 0 Å². The first-order valence-corrected chi connectivity index (χ1v) is 8.96. The number of unbranched alkanes of at least 4 members (excludes halogenated alkanes) is 3. The number of nitrogens with zero attached hydrogens (tertiary/aromatic N) is 1. The van der Waals surface area contributed by atoms with E-state index in [1.54, 1.807) is 0 Å². The Labute approximate surface area is 115 Å². The Morgan fingerprint density at radius 3 is 2.76 bits per heavy atom. The summed E-state index contributed by atoms with van der Waals surface area (Å²) >= 11 is 3.85. The summed E-state index contributed by atoms with van der Waals surface area (Å²) in [5.74, 6) is 1.31. The highest BCUT2D eigenvalue weighted by atomic mass is 32.2. The lowest BCUT2D eigenvalue weighted by molar-refractivity contribution is 0.596. The Morgan fingerprint density at radius 2 is 2.06 bits per heavy atom. The molecule has 0 aromatic heterocycles. The standard InChI is InChI=1S/C13H26N2S2/c1-11-10-12(2)17-13(15-11)14-8-6-4-5-7-9-16-3/h11-12H,4-10H2,1-3H3,(H,14,15). The number of hydrogen-bond acceptors (Lipinski definition) is 3. The number of nitrogens with one attached hydrogen (secondary N) is 1. The molecule has 0 saturated carbocycles. The van der Waals surface area contributed by atoms with E-state index in [2.05, 4.69) is 30.4 Å². The highest BCUT2D eigenvalue weighted by molar-refractivity contribution is 8.14. The predicted octanol–water partition coefficient (Wildman–Crippen LogP) is 3.77. The van der Waals surface area contributed by atoms with Gasteiger partial charge in [-0.3, -0.25) is 4.99 Å². The zero-order chi connectivity index (χ0) is 12.5. The topological polar surface area (TPSA) is 24.4 Å². The fraction of sp³-hybridized carbons (Fsp3) is 0.923. The van der Waals surface area contributed by atoms with E-state index in [1.165, 1.54) is 43.0 Å². The first kappa shape index (κ1) is 15.2. The van der Waals surface area contributed by atoms with Crippen LogP contribution >= 0.6 is 23.5 Å². The summed E-state index contributed by atoms with van der Waals surface area (Å²) in [4.78, 5) is 4.67. The van der Waals surface area contributed by atoms with Gasteiger partial charge in [0, 0.05) is 17.8 Å². The van der Waals surface area contributed by atoms with E-state index in [4.69, 9.17) is 0 Å². The van der Waals surface area contributed by atoms with Crippen molar-refractivity contribution in [3.05, 3.63) is 0 Å². The molecule has 4 heteroatoms. The Balaban J connectivity index is 2.07. The average molecular weight is 274 g/mol. The van der Waals surface area contributed by atoms with Crippen LogP contribution in [0.3, 0.4) is 0 Å². The van der Waals surface area contributed by atoms with Crippen LogP contribution in [0.15, 0.2) is 4.99 Å². The summed E-state index contributed by atoms with van der Waals surface area (Å²) in [6, 6.07) is 0.589. The maximum Gasteiger partial charge on any atom is 0.157 e. The van der Waals surface area contributed by atoms with Gasteiger partial charge >= 0.3 is 0 Å². The molecule has 0 radical (unpaired) electrons. The summed E-state index contributed by atoms with van der Waals surface area (Å²) in [6.45, 7) is 5.53. The largest absolute Gasteiger partial charge is 0.362 e. The quantitative estimate of drug-likeness (QED) is 0.715. The fourth-order valence-electron chi connectivity index (χ4n) is 2.02. The molecular formula is C13H26N2S2. The molecule has 1 saturated heterocycles. The highest BCUT2D eigenvalue weighted by Gasteiger charge is 2.19. The normalized spacial score (nSPS) is 27.1. The molecule has 17 heavy (non-hydrogen) atoms. The Hall–Kier alpha value is 0.170. The molecule has 1 rings (SSSR count). The van der Waals surface area contributed by atoms with Crippen molar-refractivity contribution < 1.29 is 0 Å². The minimum absolute atomic E-state index is 0.589. The van der Waals surface area contributed by atoms with Crippen molar-refractivity contribution in [1.29, 1.82) is 0 Å². The monoisotopic (exact) mass is 274 g/mol. The van der Waals surface area contributed by atoms with Crippen molar-refractivity contribution in [1.82, 2.24) is 5.32 Å². The third-order valence-corrected chi connectivity index (χ3v) is 4.64.